The second-order valence-corrected chi connectivity index (χ2v) is 5.36. The van der Waals surface area contributed by atoms with E-state index in [1.54, 1.807) is 24.3 Å². The number of methoxy groups -OCH3 is 1. The van der Waals surface area contributed by atoms with Gasteiger partial charge in [0, 0.05) is 13.0 Å². The van der Waals surface area contributed by atoms with Crippen LogP contribution in [0.3, 0.4) is 0 Å². The summed E-state index contributed by atoms with van der Waals surface area (Å²) in [4.78, 5) is 0. The van der Waals surface area contributed by atoms with E-state index in [1.807, 2.05) is 6.07 Å². The largest absolute Gasteiger partial charge is 0.390 e. The molecule has 0 bridgehead atoms. The Balaban J connectivity index is 1.94. The van der Waals surface area contributed by atoms with Crippen LogP contribution in [0.25, 0.3) is 0 Å². The molecule has 0 radical (unpaired) electrons. The van der Waals surface area contributed by atoms with Crippen LogP contribution in [-0.2, 0) is 9.47 Å². The van der Waals surface area contributed by atoms with Crippen molar-refractivity contribution in [3.8, 4) is 0 Å². The highest BCUT2D eigenvalue weighted by atomic mass is 16.7. The average Bonchev–Trinajstić information content (AvgIpc) is 2.46. The maximum atomic E-state index is 10.7. The number of benzene rings is 1. The van der Waals surface area contributed by atoms with Crippen molar-refractivity contribution in [2.24, 2.45) is 0 Å². The highest BCUT2D eigenvalue weighted by Crippen LogP contribution is 2.53. The number of fused-ring (bicyclic) bond motifs is 1. The van der Waals surface area contributed by atoms with Gasteiger partial charge in [-0.2, -0.15) is 0 Å². The molecule has 1 aliphatic heterocycles. The molecule has 4 N–H and O–H groups in total. The number of hydrogen-bond acceptors (Lipinski definition) is 6. The molecule has 1 heterocycles. The minimum Gasteiger partial charge on any atom is -0.390 e. The summed E-state index contributed by atoms with van der Waals surface area (Å²) in [5, 5.41) is 41.1. The van der Waals surface area contributed by atoms with Gasteiger partial charge in [0.1, 0.15) is 23.9 Å². The lowest BCUT2D eigenvalue weighted by atomic mass is 9.57. The molecule has 1 aromatic rings. The molecular weight excluding hydrogens is 264 g/mol. The Morgan fingerprint density at radius 2 is 1.75 bits per heavy atom. The zero-order valence-electron chi connectivity index (χ0n) is 11.0. The van der Waals surface area contributed by atoms with E-state index in [1.165, 1.54) is 7.11 Å². The predicted octanol–water partition coefficient (Wildman–Crippen LogP) is -1.03. The lowest BCUT2D eigenvalue weighted by molar-refractivity contribution is -0.383. The third-order valence-corrected chi connectivity index (χ3v) is 4.35. The van der Waals surface area contributed by atoms with Crippen LogP contribution in [0.4, 0.5) is 0 Å². The van der Waals surface area contributed by atoms with E-state index in [0.717, 1.165) is 0 Å². The van der Waals surface area contributed by atoms with E-state index in [-0.39, 0.29) is 0 Å². The molecule has 2 fully saturated rings. The van der Waals surface area contributed by atoms with Gasteiger partial charge in [0.25, 0.3) is 0 Å². The van der Waals surface area contributed by atoms with Crippen LogP contribution < -0.4 is 0 Å². The third-order valence-electron chi connectivity index (χ3n) is 4.35. The molecular formula is C14H18O6. The van der Waals surface area contributed by atoms with Crippen LogP contribution in [0.15, 0.2) is 30.3 Å². The maximum absolute atomic E-state index is 10.7. The molecule has 0 aromatic heterocycles. The van der Waals surface area contributed by atoms with Gasteiger partial charge in [-0.1, -0.05) is 30.3 Å². The molecule has 6 heteroatoms. The molecule has 2 aliphatic rings. The van der Waals surface area contributed by atoms with E-state index in [0.29, 0.717) is 5.56 Å². The quantitative estimate of drug-likeness (QED) is 0.553. The molecule has 0 amide bonds. The van der Waals surface area contributed by atoms with Crippen LogP contribution in [0.5, 0.6) is 0 Å². The van der Waals surface area contributed by atoms with Crippen molar-refractivity contribution in [1.29, 1.82) is 0 Å². The van der Waals surface area contributed by atoms with Gasteiger partial charge in [-0.05, 0) is 5.56 Å². The first-order valence-electron chi connectivity index (χ1n) is 6.51. The number of ether oxygens (including phenoxy) is 2. The number of aliphatic hydroxyl groups is 4. The highest BCUT2D eigenvalue weighted by Gasteiger charge is 2.71. The molecule has 0 spiro atoms. The van der Waals surface area contributed by atoms with Gasteiger partial charge < -0.3 is 29.9 Å². The monoisotopic (exact) mass is 282 g/mol. The van der Waals surface area contributed by atoms with Crippen molar-refractivity contribution in [2.45, 2.75) is 42.2 Å². The summed E-state index contributed by atoms with van der Waals surface area (Å²) in [7, 11) is 1.32. The number of hydrogen-bond donors (Lipinski definition) is 4. The van der Waals surface area contributed by atoms with Gasteiger partial charge in [0.05, 0.1) is 6.10 Å². The maximum Gasteiger partial charge on any atom is 0.186 e. The molecule has 6 nitrogen and oxygen atoms in total. The molecule has 2 unspecified atom stereocenters. The highest BCUT2D eigenvalue weighted by molar-refractivity contribution is 5.35. The van der Waals surface area contributed by atoms with Gasteiger partial charge in [0.2, 0.25) is 0 Å². The fourth-order valence-electron chi connectivity index (χ4n) is 3.29. The zero-order valence-corrected chi connectivity index (χ0v) is 11.0. The summed E-state index contributed by atoms with van der Waals surface area (Å²) in [5.41, 5.74) is -1.04. The molecule has 20 heavy (non-hydrogen) atoms. The fraction of sp³-hybridized carbons (Fsp3) is 0.571. The topological polar surface area (TPSA) is 99.4 Å². The lowest BCUT2D eigenvalue weighted by Crippen LogP contribution is -2.80. The van der Waals surface area contributed by atoms with E-state index in [4.69, 9.17) is 9.47 Å². The van der Waals surface area contributed by atoms with Crippen molar-refractivity contribution in [1.82, 2.24) is 0 Å². The molecule has 1 aliphatic carbocycles. The van der Waals surface area contributed by atoms with Gasteiger partial charge in [-0.15, -0.1) is 0 Å². The number of aliphatic hydroxyl groups excluding tert-OH is 3. The Bertz CT molecular complexity index is 476. The van der Waals surface area contributed by atoms with E-state index in [2.05, 4.69) is 0 Å². The van der Waals surface area contributed by atoms with Crippen LogP contribution >= 0.6 is 0 Å². The summed E-state index contributed by atoms with van der Waals surface area (Å²) >= 11 is 0. The predicted molar refractivity (Wildman–Crippen MR) is 67.8 cm³/mol. The summed E-state index contributed by atoms with van der Waals surface area (Å²) in [6, 6.07) is 8.89. The summed E-state index contributed by atoms with van der Waals surface area (Å²) < 4.78 is 10.3. The van der Waals surface area contributed by atoms with E-state index >= 15 is 0 Å². The van der Waals surface area contributed by atoms with Crippen LogP contribution in [-0.4, -0.2) is 63.8 Å². The zero-order chi connectivity index (χ0) is 14.5. The first kappa shape index (κ1) is 13.9. The van der Waals surface area contributed by atoms with Gasteiger partial charge >= 0.3 is 0 Å². The second kappa shape index (κ2) is 4.77. The smallest absolute Gasteiger partial charge is 0.186 e. The van der Waals surface area contributed by atoms with Crippen LogP contribution in [0.1, 0.15) is 11.5 Å². The minimum atomic E-state index is -1.73. The molecule has 7 atom stereocenters. The molecule has 1 saturated carbocycles. The molecule has 3 rings (SSSR count). The summed E-state index contributed by atoms with van der Waals surface area (Å²) in [6.45, 7) is 0. The van der Waals surface area contributed by atoms with Gasteiger partial charge in [-0.3, -0.25) is 0 Å². The van der Waals surface area contributed by atoms with Crippen LogP contribution in [0, 0.1) is 0 Å². The third kappa shape index (κ3) is 1.67. The Morgan fingerprint density at radius 1 is 1.10 bits per heavy atom. The Labute approximate surface area is 116 Å². The second-order valence-electron chi connectivity index (χ2n) is 5.36. The van der Waals surface area contributed by atoms with Crippen LogP contribution in [0.2, 0.25) is 0 Å². The fourth-order valence-corrected chi connectivity index (χ4v) is 3.29. The molecule has 1 saturated heterocycles. The van der Waals surface area contributed by atoms with Crippen molar-refractivity contribution in [3.05, 3.63) is 35.9 Å². The Kier molecular flexibility index (Phi) is 3.32. The van der Waals surface area contributed by atoms with Gasteiger partial charge in [0.15, 0.2) is 6.29 Å². The lowest BCUT2D eigenvalue weighted by Gasteiger charge is -2.61. The van der Waals surface area contributed by atoms with Crippen molar-refractivity contribution in [2.75, 3.05) is 7.11 Å². The van der Waals surface area contributed by atoms with E-state index in [9.17, 15) is 20.4 Å². The van der Waals surface area contributed by atoms with Crippen molar-refractivity contribution in [3.63, 3.8) is 0 Å². The standard InChI is InChI=1S/C14H18O6/c1-19-13-10(16)11(17)14(18)8(9(15)12(14)20-13)7-5-3-2-4-6-7/h2-6,8-13,15-18H,1H3/t8?,9?,10-,11-,12-,13+,14-/m1/s1. The number of rotatable bonds is 2. The summed E-state index contributed by atoms with van der Waals surface area (Å²) in [5.74, 6) is -0.712. The Hall–Kier alpha value is -1.02. The normalized spacial score (nSPS) is 47.5. The van der Waals surface area contributed by atoms with E-state index < -0.39 is 42.2 Å². The first-order chi connectivity index (χ1) is 9.51. The average molecular weight is 282 g/mol. The van der Waals surface area contributed by atoms with Crippen molar-refractivity contribution >= 4 is 0 Å². The Morgan fingerprint density at radius 3 is 2.35 bits per heavy atom. The SMILES string of the molecule is CO[C@H]1O[C@@H]2C(O)C(c3ccccc3)[C@@]2(O)[C@H](O)[C@H]1O. The van der Waals surface area contributed by atoms with Gasteiger partial charge in [-0.25, -0.2) is 0 Å². The minimum absolute atomic E-state index is 0.685. The molecule has 110 valence electrons. The first-order valence-corrected chi connectivity index (χ1v) is 6.51. The summed E-state index contributed by atoms with van der Waals surface area (Å²) in [6.07, 6.45) is -5.86. The molecule has 1 aromatic carbocycles. The van der Waals surface area contributed by atoms with Crippen molar-refractivity contribution < 1.29 is 29.9 Å².